The van der Waals surface area contributed by atoms with Crippen LogP contribution in [0.4, 0.5) is 0 Å². The van der Waals surface area contributed by atoms with Gasteiger partial charge in [0.05, 0.1) is 26.7 Å². The lowest BCUT2D eigenvalue weighted by Crippen LogP contribution is -2.53. The van der Waals surface area contributed by atoms with Gasteiger partial charge in [-0.15, -0.1) is 0 Å². The molecule has 1 aliphatic heterocycles. The Hall–Kier alpha value is -3.09. The average molecular weight is 358 g/mol. The number of Topliss-reactive ketones (excluding diaryl/α,β-unsaturated/α-hetero) is 1. The Morgan fingerprint density at radius 3 is 2.50 bits per heavy atom. The van der Waals surface area contributed by atoms with E-state index in [1.165, 1.54) is 27.4 Å². The third kappa shape index (κ3) is 1.91. The summed E-state index contributed by atoms with van der Waals surface area (Å²) in [6, 6.07) is 4.64. The molecule has 1 atom stereocenters. The maximum Gasteiger partial charge on any atom is 0.203 e. The molecule has 26 heavy (non-hydrogen) atoms. The highest BCUT2D eigenvalue weighted by molar-refractivity contribution is 6.11. The molecule has 0 aromatic heterocycles. The van der Waals surface area contributed by atoms with Crippen LogP contribution in [0.5, 0.6) is 34.5 Å². The van der Waals surface area contributed by atoms with Crippen LogP contribution in [0.25, 0.3) is 0 Å². The van der Waals surface area contributed by atoms with E-state index >= 15 is 0 Å². The Labute approximate surface area is 149 Å². The lowest BCUT2D eigenvalue weighted by molar-refractivity contribution is 0.0720. The van der Waals surface area contributed by atoms with Crippen LogP contribution in [-0.2, 0) is 11.8 Å². The van der Waals surface area contributed by atoms with Gasteiger partial charge >= 0.3 is 0 Å². The fraction of sp³-hybridized carbons (Fsp3) is 0.316. The number of phenolic OH excluding ortho intramolecular Hbond substituents is 2. The van der Waals surface area contributed by atoms with Gasteiger partial charge in [-0.3, -0.25) is 4.79 Å². The first-order valence-corrected chi connectivity index (χ1v) is 8.02. The van der Waals surface area contributed by atoms with E-state index in [0.29, 0.717) is 22.6 Å². The minimum Gasteiger partial charge on any atom is -0.507 e. The van der Waals surface area contributed by atoms with E-state index in [2.05, 4.69) is 0 Å². The van der Waals surface area contributed by atoms with Crippen LogP contribution in [0.1, 0.15) is 21.5 Å². The zero-order valence-corrected chi connectivity index (χ0v) is 14.6. The molecule has 2 aromatic rings. The molecular weight excluding hydrogens is 340 g/mol. The zero-order chi connectivity index (χ0) is 18.6. The number of hydrogen-bond acceptors (Lipinski definition) is 7. The number of hydrogen-bond donors (Lipinski definition) is 2. The van der Waals surface area contributed by atoms with E-state index in [-0.39, 0.29) is 47.4 Å². The number of aromatic hydroxyl groups is 2. The molecule has 2 N–H and O–H groups in total. The van der Waals surface area contributed by atoms with Crippen LogP contribution in [0.3, 0.4) is 0 Å². The highest BCUT2D eigenvalue weighted by Crippen LogP contribution is 2.56. The van der Waals surface area contributed by atoms with Crippen LogP contribution < -0.4 is 18.9 Å². The molecule has 0 amide bonds. The Morgan fingerprint density at radius 1 is 1.08 bits per heavy atom. The normalized spacial score (nSPS) is 19.9. The predicted octanol–water partition coefficient (Wildman–Crippen LogP) is 2.19. The minimum atomic E-state index is -0.967. The van der Waals surface area contributed by atoms with Gasteiger partial charge < -0.3 is 29.2 Å². The molecule has 2 aliphatic rings. The smallest absolute Gasteiger partial charge is 0.203 e. The predicted molar refractivity (Wildman–Crippen MR) is 91.1 cm³/mol. The first-order chi connectivity index (χ1) is 12.5. The number of rotatable bonds is 3. The second kappa shape index (κ2) is 5.45. The largest absolute Gasteiger partial charge is 0.507 e. The molecule has 1 heterocycles. The first kappa shape index (κ1) is 16.4. The monoisotopic (exact) mass is 358 g/mol. The van der Waals surface area contributed by atoms with E-state index in [4.69, 9.17) is 18.9 Å². The lowest BCUT2D eigenvalue weighted by atomic mass is 9.59. The summed E-state index contributed by atoms with van der Waals surface area (Å²) < 4.78 is 21.4. The second-order valence-electron chi connectivity index (χ2n) is 6.38. The van der Waals surface area contributed by atoms with Crippen molar-refractivity contribution in [3.8, 4) is 34.5 Å². The van der Waals surface area contributed by atoms with Gasteiger partial charge in [0.15, 0.2) is 17.3 Å². The van der Waals surface area contributed by atoms with Crippen LogP contribution in [-0.4, -0.2) is 43.9 Å². The maximum absolute atomic E-state index is 13.2. The molecule has 0 saturated carbocycles. The van der Waals surface area contributed by atoms with Gasteiger partial charge in [0.25, 0.3) is 0 Å². The second-order valence-corrected chi connectivity index (χ2v) is 6.38. The SMILES string of the molecule is COc1cc(O)c2c(c1)OCC1(Cc3c1cc(OC)c(OC)c3O)C2=O. The number of methoxy groups -OCH3 is 3. The summed E-state index contributed by atoms with van der Waals surface area (Å²) >= 11 is 0. The molecule has 0 fully saturated rings. The third-order valence-electron chi connectivity index (χ3n) is 5.17. The van der Waals surface area contributed by atoms with Gasteiger partial charge in [0, 0.05) is 17.7 Å². The average Bonchev–Trinajstić information content (AvgIpc) is 2.62. The van der Waals surface area contributed by atoms with Crippen molar-refractivity contribution >= 4 is 5.78 Å². The summed E-state index contributed by atoms with van der Waals surface area (Å²) in [4.78, 5) is 13.2. The number of carbonyl (C=O) groups excluding carboxylic acids is 1. The minimum absolute atomic E-state index is 0.0370. The zero-order valence-electron chi connectivity index (χ0n) is 14.6. The van der Waals surface area contributed by atoms with Crippen LogP contribution in [0.2, 0.25) is 0 Å². The van der Waals surface area contributed by atoms with Crippen LogP contribution >= 0.6 is 0 Å². The van der Waals surface area contributed by atoms with Gasteiger partial charge in [0.1, 0.15) is 29.4 Å². The molecule has 136 valence electrons. The van der Waals surface area contributed by atoms with Crippen molar-refractivity contribution < 1.29 is 34.0 Å². The molecule has 7 nitrogen and oxygen atoms in total. The molecule has 0 radical (unpaired) electrons. The summed E-state index contributed by atoms with van der Waals surface area (Å²) in [5.74, 6) is 0.780. The summed E-state index contributed by atoms with van der Waals surface area (Å²) in [7, 11) is 4.37. The number of carbonyl (C=O) groups is 1. The molecular formula is C19H18O7. The van der Waals surface area contributed by atoms with Crippen LogP contribution in [0, 0.1) is 0 Å². The van der Waals surface area contributed by atoms with Crippen LogP contribution in [0.15, 0.2) is 18.2 Å². The standard InChI is InChI=1S/C19H18O7/c1-23-9-4-12(20)15-13(5-9)26-8-19(18(15)22)7-10-11(19)6-14(24-2)17(25-3)16(10)21/h4-6,20-21H,7-8H2,1-3H3. The Balaban J connectivity index is 1.84. The van der Waals surface area contributed by atoms with Gasteiger partial charge in [-0.2, -0.15) is 0 Å². The Bertz CT molecular complexity index is 934. The molecule has 1 aliphatic carbocycles. The number of ether oxygens (including phenoxy) is 4. The van der Waals surface area contributed by atoms with Crippen molar-refractivity contribution in [2.24, 2.45) is 0 Å². The van der Waals surface area contributed by atoms with Gasteiger partial charge in [-0.05, 0) is 18.1 Å². The highest BCUT2D eigenvalue weighted by Gasteiger charge is 2.55. The van der Waals surface area contributed by atoms with E-state index in [1.807, 2.05) is 0 Å². The van der Waals surface area contributed by atoms with Gasteiger partial charge in [0.2, 0.25) is 5.75 Å². The molecule has 2 aromatic carbocycles. The van der Waals surface area contributed by atoms with Crippen molar-refractivity contribution in [1.29, 1.82) is 0 Å². The van der Waals surface area contributed by atoms with E-state index in [1.54, 1.807) is 12.1 Å². The molecule has 1 spiro atoms. The van der Waals surface area contributed by atoms with Crippen molar-refractivity contribution in [3.63, 3.8) is 0 Å². The number of benzene rings is 2. The molecule has 0 saturated heterocycles. The van der Waals surface area contributed by atoms with E-state index in [0.717, 1.165) is 0 Å². The first-order valence-electron chi connectivity index (χ1n) is 8.02. The summed E-state index contributed by atoms with van der Waals surface area (Å²) in [5, 5.41) is 20.7. The summed E-state index contributed by atoms with van der Waals surface area (Å²) in [6.07, 6.45) is 0.290. The summed E-state index contributed by atoms with van der Waals surface area (Å²) in [5.41, 5.74) is 0.400. The van der Waals surface area contributed by atoms with E-state index < -0.39 is 5.41 Å². The highest BCUT2D eigenvalue weighted by atomic mass is 16.5. The molecule has 7 heteroatoms. The van der Waals surface area contributed by atoms with Crippen molar-refractivity contribution in [3.05, 3.63) is 34.9 Å². The number of ketones is 1. The van der Waals surface area contributed by atoms with Gasteiger partial charge in [-0.1, -0.05) is 0 Å². The Kier molecular flexibility index (Phi) is 3.44. The Morgan fingerprint density at radius 2 is 1.85 bits per heavy atom. The fourth-order valence-corrected chi connectivity index (χ4v) is 3.78. The van der Waals surface area contributed by atoms with Crippen molar-refractivity contribution in [2.75, 3.05) is 27.9 Å². The molecule has 4 rings (SSSR count). The summed E-state index contributed by atoms with van der Waals surface area (Å²) in [6.45, 7) is 0.105. The molecule has 1 unspecified atom stereocenters. The lowest BCUT2D eigenvalue weighted by Gasteiger charge is -2.45. The topological polar surface area (TPSA) is 94.5 Å². The molecule has 0 bridgehead atoms. The fourth-order valence-electron chi connectivity index (χ4n) is 3.78. The number of phenols is 2. The maximum atomic E-state index is 13.2. The van der Waals surface area contributed by atoms with E-state index in [9.17, 15) is 15.0 Å². The van der Waals surface area contributed by atoms with Gasteiger partial charge in [-0.25, -0.2) is 0 Å². The van der Waals surface area contributed by atoms with Crippen molar-refractivity contribution in [1.82, 2.24) is 0 Å². The third-order valence-corrected chi connectivity index (χ3v) is 5.17. The van der Waals surface area contributed by atoms with Crippen molar-refractivity contribution in [2.45, 2.75) is 11.8 Å². The quantitative estimate of drug-likeness (QED) is 0.868. The number of fused-ring (bicyclic) bond motifs is 3.